The van der Waals surface area contributed by atoms with Gasteiger partial charge in [-0.25, -0.2) is 12.8 Å². The summed E-state index contributed by atoms with van der Waals surface area (Å²) in [5.74, 6) is -0.191. The second kappa shape index (κ2) is 8.49. The zero-order valence-corrected chi connectivity index (χ0v) is 17.0. The summed E-state index contributed by atoms with van der Waals surface area (Å²) in [6.45, 7) is 1.81. The summed E-state index contributed by atoms with van der Waals surface area (Å²) in [5.41, 5.74) is 1.55. The number of rotatable bonds is 6. The molecule has 1 amide bonds. The lowest BCUT2D eigenvalue weighted by atomic mass is 10.1. The summed E-state index contributed by atoms with van der Waals surface area (Å²) >= 11 is 5.99. The van der Waals surface area contributed by atoms with E-state index in [4.69, 9.17) is 16.3 Å². The van der Waals surface area contributed by atoms with Crippen molar-refractivity contribution in [2.45, 2.75) is 25.9 Å². The van der Waals surface area contributed by atoms with Crippen molar-refractivity contribution in [2.75, 3.05) is 18.1 Å². The summed E-state index contributed by atoms with van der Waals surface area (Å²) in [7, 11) is -3.16. The number of hydrogen-bond acceptors (Lipinski definition) is 4. The van der Waals surface area contributed by atoms with E-state index < -0.39 is 15.9 Å². The molecule has 3 rings (SSSR count). The van der Waals surface area contributed by atoms with Crippen LogP contribution in [0, 0.1) is 12.7 Å². The van der Waals surface area contributed by atoms with Gasteiger partial charge >= 0.3 is 0 Å². The van der Waals surface area contributed by atoms with Crippen LogP contribution in [-0.4, -0.2) is 43.4 Å². The Labute approximate surface area is 169 Å². The fourth-order valence-corrected chi connectivity index (χ4v) is 5.01. The molecule has 0 spiro atoms. The Balaban J connectivity index is 1.73. The number of aryl methyl sites for hydroxylation is 1. The lowest BCUT2D eigenvalue weighted by Gasteiger charge is -2.28. The highest BCUT2D eigenvalue weighted by molar-refractivity contribution is 7.91. The van der Waals surface area contributed by atoms with Crippen molar-refractivity contribution in [3.05, 3.63) is 64.4 Å². The van der Waals surface area contributed by atoms with Crippen molar-refractivity contribution < 1.29 is 22.3 Å². The summed E-state index contributed by atoms with van der Waals surface area (Å²) < 4.78 is 42.5. The van der Waals surface area contributed by atoms with Gasteiger partial charge in [0.05, 0.1) is 11.5 Å². The summed E-state index contributed by atoms with van der Waals surface area (Å²) in [4.78, 5) is 14.4. The molecule has 0 aliphatic carbocycles. The fraction of sp³-hybridized carbons (Fsp3) is 0.350. The van der Waals surface area contributed by atoms with Crippen LogP contribution < -0.4 is 4.74 Å². The number of sulfone groups is 1. The molecule has 8 heteroatoms. The molecule has 0 aromatic heterocycles. The van der Waals surface area contributed by atoms with E-state index in [0.717, 1.165) is 11.1 Å². The first-order valence-electron chi connectivity index (χ1n) is 8.87. The van der Waals surface area contributed by atoms with E-state index >= 15 is 0 Å². The standard InChI is InChI=1S/C20H21ClFNO4S/c1-14-10-18(6-7-19(14)21)27-12-20(24)23(17-8-9-28(25,26)13-17)11-15-2-4-16(22)5-3-15/h2-7,10,17H,8-9,11-13H2,1H3/t17-/m0/s1. The van der Waals surface area contributed by atoms with Gasteiger partial charge in [0.15, 0.2) is 16.4 Å². The maximum absolute atomic E-state index is 13.2. The molecule has 5 nitrogen and oxygen atoms in total. The first-order chi connectivity index (χ1) is 13.2. The molecule has 1 saturated heterocycles. The number of amides is 1. The molecule has 1 fully saturated rings. The maximum Gasteiger partial charge on any atom is 0.261 e. The summed E-state index contributed by atoms with van der Waals surface area (Å²) in [6, 6.07) is 10.5. The zero-order valence-electron chi connectivity index (χ0n) is 15.4. The maximum atomic E-state index is 13.2. The van der Waals surface area contributed by atoms with Crippen molar-refractivity contribution >= 4 is 27.3 Å². The monoisotopic (exact) mass is 425 g/mol. The van der Waals surface area contributed by atoms with Gasteiger partial charge < -0.3 is 9.64 Å². The van der Waals surface area contributed by atoms with E-state index in [1.54, 1.807) is 30.3 Å². The minimum atomic E-state index is -3.16. The highest BCUT2D eigenvalue weighted by Gasteiger charge is 2.34. The molecule has 0 saturated carbocycles. The minimum Gasteiger partial charge on any atom is -0.484 e. The smallest absolute Gasteiger partial charge is 0.261 e. The first kappa shape index (κ1) is 20.6. The highest BCUT2D eigenvalue weighted by Crippen LogP contribution is 2.23. The summed E-state index contributed by atoms with van der Waals surface area (Å²) in [5, 5.41) is 0.604. The zero-order chi connectivity index (χ0) is 20.3. The fourth-order valence-electron chi connectivity index (χ4n) is 3.16. The van der Waals surface area contributed by atoms with Crippen molar-refractivity contribution in [2.24, 2.45) is 0 Å². The Morgan fingerprint density at radius 1 is 1.25 bits per heavy atom. The number of benzene rings is 2. The van der Waals surface area contributed by atoms with Gasteiger partial charge in [0.1, 0.15) is 11.6 Å². The molecule has 0 N–H and O–H groups in total. The molecule has 0 unspecified atom stereocenters. The van der Waals surface area contributed by atoms with Crippen LogP contribution in [0.2, 0.25) is 5.02 Å². The highest BCUT2D eigenvalue weighted by atomic mass is 35.5. The average molecular weight is 426 g/mol. The van der Waals surface area contributed by atoms with Crippen LogP contribution in [-0.2, 0) is 21.2 Å². The Morgan fingerprint density at radius 3 is 2.57 bits per heavy atom. The third kappa shape index (κ3) is 5.23. The van der Waals surface area contributed by atoms with Crippen LogP contribution in [0.25, 0.3) is 0 Å². The van der Waals surface area contributed by atoms with Gasteiger partial charge in [-0.1, -0.05) is 23.7 Å². The number of carbonyl (C=O) groups excluding carboxylic acids is 1. The average Bonchev–Trinajstić information content (AvgIpc) is 3.01. The van der Waals surface area contributed by atoms with E-state index in [2.05, 4.69) is 0 Å². The van der Waals surface area contributed by atoms with Crippen LogP contribution in [0.15, 0.2) is 42.5 Å². The topological polar surface area (TPSA) is 63.7 Å². The molecule has 1 aliphatic rings. The molecule has 0 radical (unpaired) electrons. The second-order valence-electron chi connectivity index (χ2n) is 6.90. The molecule has 28 heavy (non-hydrogen) atoms. The van der Waals surface area contributed by atoms with Gasteiger partial charge in [0.25, 0.3) is 5.91 Å². The molecule has 1 heterocycles. The quantitative estimate of drug-likeness (QED) is 0.711. The summed E-state index contributed by atoms with van der Waals surface area (Å²) in [6.07, 6.45) is 0.384. The normalized spacial score (nSPS) is 18.0. The van der Waals surface area contributed by atoms with Crippen LogP contribution in [0.3, 0.4) is 0 Å². The van der Waals surface area contributed by atoms with Gasteiger partial charge in [-0.05, 0) is 54.8 Å². The molecule has 2 aromatic rings. The van der Waals surface area contributed by atoms with Crippen molar-refractivity contribution in [3.8, 4) is 5.75 Å². The number of hydrogen-bond donors (Lipinski definition) is 0. The van der Waals surface area contributed by atoms with E-state index in [0.29, 0.717) is 17.2 Å². The number of ether oxygens (including phenoxy) is 1. The van der Waals surface area contributed by atoms with Gasteiger partial charge in [-0.15, -0.1) is 0 Å². The van der Waals surface area contributed by atoms with Gasteiger partial charge in [-0.3, -0.25) is 4.79 Å². The van der Waals surface area contributed by atoms with Crippen LogP contribution in [0.4, 0.5) is 4.39 Å². The second-order valence-corrected chi connectivity index (χ2v) is 9.54. The SMILES string of the molecule is Cc1cc(OCC(=O)N(Cc2ccc(F)cc2)[C@H]2CCS(=O)(=O)C2)ccc1Cl. The predicted octanol–water partition coefficient (Wildman–Crippen LogP) is 3.38. The van der Waals surface area contributed by atoms with Gasteiger partial charge in [0.2, 0.25) is 0 Å². The van der Waals surface area contributed by atoms with E-state index in [1.807, 2.05) is 6.92 Å². The minimum absolute atomic E-state index is 0.0576. The van der Waals surface area contributed by atoms with E-state index in [9.17, 15) is 17.6 Å². The molecular formula is C20H21ClFNO4S. The molecular weight excluding hydrogens is 405 g/mol. The lowest BCUT2D eigenvalue weighted by molar-refractivity contribution is -0.136. The Bertz CT molecular complexity index is 963. The molecule has 1 atom stereocenters. The van der Waals surface area contributed by atoms with E-state index in [1.165, 1.54) is 17.0 Å². The van der Waals surface area contributed by atoms with Crippen molar-refractivity contribution in [1.82, 2.24) is 4.90 Å². The predicted molar refractivity (Wildman–Crippen MR) is 106 cm³/mol. The number of halogens is 2. The van der Waals surface area contributed by atoms with Crippen molar-refractivity contribution in [3.63, 3.8) is 0 Å². The molecule has 150 valence electrons. The van der Waals surface area contributed by atoms with Crippen LogP contribution in [0.1, 0.15) is 17.5 Å². The molecule has 1 aliphatic heterocycles. The Morgan fingerprint density at radius 2 is 1.96 bits per heavy atom. The molecule has 0 bridgehead atoms. The van der Waals surface area contributed by atoms with Gasteiger partial charge in [-0.2, -0.15) is 0 Å². The first-order valence-corrected chi connectivity index (χ1v) is 11.1. The number of nitrogens with zero attached hydrogens (tertiary/aromatic N) is 1. The Kier molecular flexibility index (Phi) is 6.25. The molecule has 2 aromatic carbocycles. The largest absolute Gasteiger partial charge is 0.484 e. The number of carbonyl (C=O) groups is 1. The lowest BCUT2D eigenvalue weighted by Crippen LogP contribution is -2.43. The van der Waals surface area contributed by atoms with E-state index in [-0.39, 0.29) is 36.4 Å². The van der Waals surface area contributed by atoms with Crippen LogP contribution >= 0.6 is 11.6 Å². The Hall–Kier alpha value is -2.12. The third-order valence-electron chi connectivity index (χ3n) is 4.73. The third-order valence-corrected chi connectivity index (χ3v) is 6.90. The van der Waals surface area contributed by atoms with Gasteiger partial charge in [0, 0.05) is 17.6 Å². The van der Waals surface area contributed by atoms with Crippen molar-refractivity contribution in [1.29, 1.82) is 0 Å². The van der Waals surface area contributed by atoms with Crippen LogP contribution in [0.5, 0.6) is 5.75 Å².